The fourth-order valence-electron chi connectivity index (χ4n) is 1.39. The highest BCUT2D eigenvalue weighted by Crippen LogP contribution is 2.24. The van der Waals surface area contributed by atoms with Crippen molar-refractivity contribution >= 4 is 60.1 Å². The molecule has 0 radical (unpaired) electrons. The number of rotatable bonds is 3. The van der Waals surface area contributed by atoms with Crippen LogP contribution >= 0.6 is 43.2 Å². The van der Waals surface area contributed by atoms with Gasteiger partial charge in [0, 0.05) is 14.5 Å². The molecule has 4 nitrogen and oxygen atoms in total. The van der Waals surface area contributed by atoms with E-state index < -0.39 is 5.97 Å². The molecule has 19 heavy (non-hydrogen) atoms. The summed E-state index contributed by atoms with van der Waals surface area (Å²) < 4.78 is 1.56. The van der Waals surface area contributed by atoms with Gasteiger partial charge in [-0.2, -0.15) is 0 Å². The van der Waals surface area contributed by atoms with Gasteiger partial charge in [0.15, 0.2) is 0 Å². The number of carbonyl (C=O) groups is 2. The number of thiophene rings is 1. The minimum atomic E-state index is -1.00. The first-order valence-corrected chi connectivity index (χ1v) is 7.46. The second-order valence-corrected chi connectivity index (χ2v) is 6.50. The molecule has 1 aromatic heterocycles. The molecule has 1 aromatic carbocycles. The molecule has 0 aliphatic rings. The molecule has 0 aliphatic carbocycles. The molecule has 0 atom stereocenters. The summed E-state index contributed by atoms with van der Waals surface area (Å²) in [5.41, 5.74) is 0.478. The highest BCUT2D eigenvalue weighted by Gasteiger charge is 2.11. The van der Waals surface area contributed by atoms with Gasteiger partial charge in [0.25, 0.3) is 5.91 Å². The Kier molecular flexibility index (Phi) is 4.38. The van der Waals surface area contributed by atoms with Crippen LogP contribution in [0.3, 0.4) is 0 Å². The van der Waals surface area contributed by atoms with Gasteiger partial charge in [0.2, 0.25) is 0 Å². The van der Waals surface area contributed by atoms with Crippen molar-refractivity contribution in [3.05, 3.63) is 49.7 Å². The van der Waals surface area contributed by atoms with Crippen LogP contribution in [0.1, 0.15) is 20.0 Å². The van der Waals surface area contributed by atoms with Gasteiger partial charge in [-0.3, -0.25) is 4.79 Å². The largest absolute Gasteiger partial charge is 0.477 e. The third-order valence-corrected chi connectivity index (χ3v) is 4.08. The van der Waals surface area contributed by atoms with E-state index in [0.717, 1.165) is 20.3 Å². The Morgan fingerprint density at radius 2 is 1.74 bits per heavy atom. The number of halogens is 2. The Balaban J connectivity index is 2.18. The van der Waals surface area contributed by atoms with Gasteiger partial charge >= 0.3 is 5.97 Å². The average molecular weight is 405 g/mol. The molecule has 1 heterocycles. The van der Waals surface area contributed by atoms with E-state index in [9.17, 15) is 9.59 Å². The van der Waals surface area contributed by atoms with Crippen molar-refractivity contribution in [2.24, 2.45) is 0 Å². The summed E-state index contributed by atoms with van der Waals surface area (Å²) >= 11 is 7.63. The van der Waals surface area contributed by atoms with Gasteiger partial charge in [-0.25, -0.2) is 4.79 Å². The van der Waals surface area contributed by atoms with Crippen LogP contribution in [0.15, 0.2) is 39.3 Å². The third kappa shape index (κ3) is 3.65. The molecule has 0 aliphatic heterocycles. The maximum Gasteiger partial charge on any atom is 0.345 e. The zero-order valence-corrected chi connectivity index (χ0v) is 13.3. The van der Waals surface area contributed by atoms with Crippen LogP contribution in [-0.2, 0) is 0 Å². The Morgan fingerprint density at radius 1 is 1.11 bits per heavy atom. The number of anilines is 1. The number of benzene rings is 1. The SMILES string of the molecule is O=C(Nc1ccc(C(=O)O)s1)c1cc(Br)cc(Br)c1. The fraction of sp³-hybridized carbons (Fsp3) is 0. The van der Waals surface area contributed by atoms with Gasteiger partial charge in [-0.15, -0.1) is 11.3 Å². The van der Waals surface area contributed by atoms with Crippen LogP contribution < -0.4 is 5.32 Å². The van der Waals surface area contributed by atoms with E-state index in [0.29, 0.717) is 10.6 Å². The number of carbonyl (C=O) groups excluding carboxylic acids is 1. The Labute approximate surface area is 129 Å². The zero-order valence-electron chi connectivity index (χ0n) is 9.31. The van der Waals surface area contributed by atoms with Crippen molar-refractivity contribution in [2.75, 3.05) is 5.32 Å². The van der Waals surface area contributed by atoms with Crippen molar-refractivity contribution in [3.63, 3.8) is 0 Å². The van der Waals surface area contributed by atoms with Crippen LogP contribution in [0.5, 0.6) is 0 Å². The molecule has 0 fully saturated rings. The first-order valence-electron chi connectivity index (χ1n) is 5.06. The molecule has 2 aromatic rings. The van der Waals surface area contributed by atoms with Crippen LogP contribution in [0.2, 0.25) is 0 Å². The summed E-state index contributed by atoms with van der Waals surface area (Å²) in [4.78, 5) is 22.9. The summed E-state index contributed by atoms with van der Waals surface area (Å²) in [7, 11) is 0. The number of amides is 1. The van der Waals surface area contributed by atoms with Crippen molar-refractivity contribution in [1.82, 2.24) is 0 Å². The molecule has 2 rings (SSSR count). The average Bonchev–Trinajstić information content (AvgIpc) is 2.76. The highest BCUT2D eigenvalue weighted by atomic mass is 79.9. The molecule has 0 unspecified atom stereocenters. The monoisotopic (exact) mass is 403 g/mol. The topological polar surface area (TPSA) is 66.4 Å². The zero-order chi connectivity index (χ0) is 14.0. The van der Waals surface area contributed by atoms with Gasteiger partial charge < -0.3 is 10.4 Å². The summed E-state index contributed by atoms with van der Waals surface area (Å²) in [6.07, 6.45) is 0. The van der Waals surface area contributed by atoms with Gasteiger partial charge in [0.1, 0.15) is 4.88 Å². The van der Waals surface area contributed by atoms with E-state index in [1.54, 1.807) is 18.2 Å². The molecule has 0 spiro atoms. The molecule has 0 saturated carbocycles. The summed E-state index contributed by atoms with van der Waals surface area (Å²) in [6, 6.07) is 8.22. The number of aromatic carboxylic acids is 1. The summed E-state index contributed by atoms with van der Waals surface area (Å²) in [6.45, 7) is 0. The maximum atomic E-state index is 12.0. The molecule has 0 bridgehead atoms. The predicted octanol–water partition coefficient (Wildman–Crippen LogP) is 4.22. The Hall–Kier alpha value is -1.18. The number of hydrogen-bond donors (Lipinski definition) is 2. The third-order valence-electron chi connectivity index (χ3n) is 2.18. The first kappa shape index (κ1) is 14.2. The van der Waals surface area contributed by atoms with E-state index in [1.165, 1.54) is 6.07 Å². The number of nitrogens with one attached hydrogen (secondary N) is 1. The standard InChI is InChI=1S/C12H7Br2NO3S/c13-7-3-6(4-8(14)5-7)11(16)15-10-2-1-9(19-10)12(17)18/h1-5H,(H,15,16)(H,17,18). The van der Waals surface area contributed by atoms with E-state index in [4.69, 9.17) is 5.11 Å². The van der Waals surface area contributed by atoms with Crippen molar-refractivity contribution < 1.29 is 14.7 Å². The van der Waals surface area contributed by atoms with E-state index in [-0.39, 0.29) is 10.8 Å². The number of carboxylic acids is 1. The minimum Gasteiger partial charge on any atom is -0.477 e. The molecule has 7 heteroatoms. The summed E-state index contributed by atoms with van der Waals surface area (Å²) in [5, 5.41) is 12.0. The smallest absolute Gasteiger partial charge is 0.345 e. The Bertz CT molecular complexity index is 634. The Morgan fingerprint density at radius 3 is 2.26 bits per heavy atom. The van der Waals surface area contributed by atoms with Crippen LogP contribution in [-0.4, -0.2) is 17.0 Å². The molecule has 98 valence electrons. The number of hydrogen-bond acceptors (Lipinski definition) is 3. The van der Waals surface area contributed by atoms with Gasteiger partial charge in [0.05, 0.1) is 5.00 Å². The fourth-order valence-corrected chi connectivity index (χ4v) is 3.42. The second kappa shape index (κ2) is 5.85. The minimum absolute atomic E-state index is 0.186. The first-order chi connectivity index (χ1) is 8.95. The molecule has 0 saturated heterocycles. The quantitative estimate of drug-likeness (QED) is 0.804. The maximum absolute atomic E-state index is 12.0. The molecular weight excluding hydrogens is 398 g/mol. The van der Waals surface area contributed by atoms with Crippen molar-refractivity contribution in [1.29, 1.82) is 0 Å². The predicted molar refractivity (Wildman–Crippen MR) is 81.1 cm³/mol. The molecule has 1 amide bonds. The lowest BCUT2D eigenvalue weighted by Gasteiger charge is -2.04. The van der Waals surface area contributed by atoms with Gasteiger partial charge in [-0.05, 0) is 30.3 Å². The lowest BCUT2D eigenvalue weighted by Crippen LogP contribution is -2.10. The van der Waals surface area contributed by atoms with Crippen molar-refractivity contribution in [2.45, 2.75) is 0 Å². The van der Waals surface area contributed by atoms with Gasteiger partial charge in [-0.1, -0.05) is 31.9 Å². The van der Waals surface area contributed by atoms with Crippen LogP contribution in [0, 0.1) is 0 Å². The van der Waals surface area contributed by atoms with Crippen LogP contribution in [0.25, 0.3) is 0 Å². The summed E-state index contributed by atoms with van der Waals surface area (Å²) in [5.74, 6) is -1.29. The van der Waals surface area contributed by atoms with E-state index in [2.05, 4.69) is 37.2 Å². The normalized spacial score (nSPS) is 10.2. The van der Waals surface area contributed by atoms with Crippen LogP contribution in [0.4, 0.5) is 5.00 Å². The van der Waals surface area contributed by atoms with E-state index >= 15 is 0 Å². The molecule has 2 N–H and O–H groups in total. The second-order valence-electron chi connectivity index (χ2n) is 3.58. The van der Waals surface area contributed by atoms with Crippen molar-refractivity contribution in [3.8, 4) is 0 Å². The lowest BCUT2D eigenvalue weighted by atomic mass is 10.2. The number of carboxylic acid groups (broad SMARTS) is 1. The lowest BCUT2D eigenvalue weighted by molar-refractivity contribution is 0.0702. The highest BCUT2D eigenvalue weighted by molar-refractivity contribution is 9.11. The molecular formula is C12H7Br2NO3S. The van der Waals surface area contributed by atoms with E-state index in [1.807, 2.05) is 6.07 Å².